The number of thiazole rings is 1. The molecule has 5 heteroatoms. The summed E-state index contributed by atoms with van der Waals surface area (Å²) in [5.41, 5.74) is 2.40. The third-order valence-corrected chi connectivity index (χ3v) is 4.15. The average molecular weight is 320 g/mol. The van der Waals surface area contributed by atoms with Crippen LogP contribution in [0.3, 0.4) is 0 Å². The highest BCUT2D eigenvalue weighted by Gasteiger charge is 2.10. The van der Waals surface area contributed by atoms with Crippen molar-refractivity contribution < 1.29 is 9.13 Å². The molecule has 3 rings (SSSR count). The van der Waals surface area contributed by atoms with Crippen LogP contribution in [0.5, 0.6) is 5.75 Å². The summed E-state index contributed by atoms with van der Waals surface area (Å²) in [6.45, 7) is 0. The maximum atomic E-state index is 13.8. The van der Waals surface area contributed by atoms with E-state index in [1.165, 1.54) is 24.5 Å². The molecule has 2 nitrogen and oxygen atoms in total. The van der Waals surface area contributed by atoms with E-state index >= 15 is 0 Å². The van der Waals surface area contributed by atoms with E-state index in [2.05, 4.69) is 4.98 Å². The molecule has 1 heterocycles. The molecule has 0 atom stereocenters. The van der Waals surface area contributed by atoms with E-state index < -0.39 is 5.82 Å². The average Bonchev–Trinajstić information content (AvgIpc) is 2.97. The van der Waals surface area contributed by atoms with E-state index in [1.54, 1.807) is 12.1 Å². The number of ether oxygens (including phenoxy) is 1. The van der Waals surface area contributed by atoms with Crippen LogP contribution in [-0.2, 0) is 0 Å². The van der Waals surface area contributed by atoms with Crippen LogP contribution < -0.4 is 4.74 Å². The first-order valence-corrected chi connectivity index (χ1v) is 7.48. The van der Waals surface area contributed by atoms with Crippen LogP contribution in [0.15, 0.2) is 47.8 Å². The number of halogens is 2. The van der Waals surface area contributed by atoms with Gasteiger partial charge in [0.15, 0.2) is 11.6 Å². The van der Waals surface area contributed by atoms with Gasteiger partial charge in [-0.2, -0.15) is 0 Å². The second-order valence-electron chi connectivity index (χ2n) is 4.40. The summed E-state index contributed by atoms with van der Waals surface area (Å²) in [7, 11) is 1.44. The van der Waals surface area contributed by atoms with Gasteiger partial charge in [0.25, 0.3) is 0 Å². The summed E-state index contributed by atoms with van der Waals surface area (Å²) < 4.78 is 18.7. The molecule has 2 aromatic carbocycles. The van der Waals surface area contributed by atoms with Crippen LogP contribution in [0.2, 0.25) is 5.02 Å². The smallest absolute Gasteiger partial charge is 0.165 e. The number of rotatable bonds is 3. The van der Waals surface area contributed by atoms with Crippen LogP contribution in [0.25, 0.3) is 21.8 Å². The Balaban J connectivity index is 1.96. The molecule has 3 aromatic rings. The maximum absolute atomic E-state index is 13.8. The second kappa shape index (κ2) is 5.84. The molecular weight excluding hydrogens is 309 g/mol. The highest BCUT2D eigenvalue weighted by atomic mass is 35.5. The molecule has 0 spiro atoms. The fourth-order valence-electron chi connectivity index (χ4n) is 1.99. The standard InChI is InChI=1S/C16H11ClFNOS/c1-20-15-6-5-10(8-13(15)18)14-9-21-16(19-14)11-3-2-4-12(17)7-11/h2-9H,1H3. The third-order valence-electron chi connectivity index (χ3n) is 3.02. The van der Waals surface area contributed by atoms with Crippen molar-refractivity contribution in [3.05, 3.63) is 58.7 Å². The normalized spacial score (nSPS) is 10.6. The first-order valence-electron chi connectivity index (χ1n) is 6.23. The highest BCUT2D eigenvalue weighted by Crippen LogP contribution is 2.31. The van der Waals surface area contributed by atoms with Crippen molar-refractivity contribution in [2.24, 2.45) is 0 Å². The fraction of sp³-hybridized carbons (Fsp3) is 0.0625. The minimum Gasteiger partial charge on any atom is -0.494 e. The lowest BCUT2D eigenvalue weighted by molar-refractivity contribution is 0.386. The van der Waals surface area contributed by atoms with Crippen LogP contribution in [0.1, 0.15) is 0 Å². The first kappa shape index (κ1) is 14.0. The van der Waals surface area contributed by atoms with Crippen molar-refractivity contribution in [2.75, 3.05) is 7.11 Å². The van der Waals surface area contributed by atoms with Gasteiger partial charge in [-0.15, -0.1) is 11.3 Å². The number of hydrogen-bond acceptors (Lipinski definition) is 3. The largest absolute Gasteiger partial charge is 0.494 e. The highest BCUT2D eigenvalue weighted by molar-refractivity contribution is 7.13. The summed E-state index contributed by atoms with van der Waals surface area (Å²) in [5, 5.41) is 3.42. The number of hydrogen-bond donors (Lipinski definition) is 0. The van der Waals surface area contributed by atoms with Crippen molar-refractivity contribution in [1.29, 1.82) is 0 Å². The zero-order valence-electron chi connectivity index (χ0n) is 11.1. The van der Waals surface area contributed by atoms with E-state index in [0.29, 0.717) is 5.02 Å². The van der Waals surface area contributed by atoms with Crippen molar-refractivity contribution in [1.82, 2.24) is 4.98 Å². The molecule has 0 saturated heterocycles. The minimum absolute atomic E-state index is 0.226. The van der Waals surface area contributed by atoms with Gasteiger partial charge in [-0.3, -0.25) is 0 Å². The van der Waals surface area contributed by atoms with Gasteiger partial charge < -0.3 is 4.74 Å². The topological polar surface area (TPSA) is 22.1 Å². The van der Waals surface area contributed by atoms with Crippen molar-refractivity contribution in [2.45, 2.75) is 0 Å². The van der Waals surface area contributed by atoms with Crippen molar-refractivity contribution in [3.63, 3.8) is 0 Å². The minimum atomic E-state index is -0.396. The Labute approximate surface area is 130 Å². The molecule has 0 aliphatic carbocycles. The zero-order chi connectivity index (χ0) is 14.8. The number of aromatic nitrogens is 1. The zero-order valence-corrected chi connectivity index (χ0v) is 12.7. The third kappa shape index (κ3) is 2.91. The summed E-state index contributed by atoms with van der Waals surface area (Å²) >= 11 is 7.48. The van der Waals surface area contributed by atoms with E-state index in [1.807, 2.05) is 29.6 Å². The Morgan fingerprint density at radius 2 is 2.00 bits per heavy atom. The van der Waals surface area contributed by atoms with Gasteiger partial charge in [-0.25, -0.2) is 9.37 Å². The second-order valence-corrected chi connectivity index (χ2v) is 5.69. The molecule has 0 aliphatic heterocycles. The van der Waals surface area contributed by atoms with Crippen molar-refractivity contribution >= 4 is 22.9 Å². The van der Waals surface area contributed by atoms with Gasteiger partial charge in [0.05, 0.1) is 12.8 Å². The molecule has 1 aromatic heterocycles. The molecular formula is C16H11ClFNOS. The van der Waals surface area contributed by atoms with Crippen molar-refractivity contribution in [3.8, 4) is 27.6 Å². The molecule has 106 valence electrons. The van der Waals surface area contributed by atoms with Gasteiger partial charge in [0.2, 0.25) is 0 Å². The van der Waals surface area contributed by atoms with Gasteiger partial charge >= 0.3 is 0 Å². The predicted molar refractivity (Wildman–Crippen MR) is 84.5 cm³/mol. The molecule has 0 bridgehead atoms. The SMILES string of the molecule is COc1ccc(-c2csc(-c3cccc(Cl)c3)n2)cc1F. The summed E-state index contributed by atoms with van der Waals surface area (Å²) in [6.07, 6.45) is 0. The fourth-order valence-corrected chi connectivity index (χ4v) is 3.00. The Kier molecular flexibility index (Phi) is 3.90. The summed E-state index contributed by atoms with van der Waals surface area (Å²) in [5.74, 6) is -0.170. The lowest BCUT2D eigenvalue weighted by atomic mass is 10.1. The van der Waals surface area contributed by atoms with Gasteiger partial charge in [-0.05, 0) is 30.3 Å². The Morgan fingerprint density at radius 3 is 2.71 bits per heavy atom. The summed E-state index contributed by atoms with van der Waals surface area (Å²) in [4.78, 5) is 4.54. The van der Waals surface area contributed by atoms with Gasteiger partial charge in [-0.1, -0.05) is 23.7 Å². The van der Waals surface area contributed by atoms with Crippen LogP contribution in [0, 0.1) is 5.82 Å². The molecule has 21 heavy (non-hydrogen) atoms. The maximum Gasteiger partial charge on any atom is 0.165 e. The van der Waals surface area contributed by atoms with Crippen LogP contribution in [0.4, 0.5) is 4.39 Å². The van der Waals surface area contributed by atoms with E-state index in [9.17, 15) is 4.39 Å². The molecule has 0 N–H and O–H groups in total. The Morgan fingerprint density at radius 1 is 1.14 bits per heavy atom. The van der Waals surface area contributed by atoms with Gasteiger partial charge in [0.1, 0.15) is 5.01 Å². The number of methoxy groups -OCH3 is 1. The molecule has 0 saturated carbocycles. The monoisotopic (exact) mass is 319 g/mol. The molecule has 0 unspecified atom stereocenters. The van der Waals surface area contributed by atoms with Gasteiger partial charge in [0, 0.05) is 21.5 Å². The number of nitrogens with zero attached hydrogens (tertiary/aromatic N) is 1. The van der Waals surface area contributed by atoms with Crippen LogP contribution >= 0.6 is 22.9 Å². The predicted octanol–water partition coefficient (Wildman–Crippen LogP) is 5.28. The van der Waals surface area contributed by atoms with E-state index in [4.69, 9.17) is 16.3 Å². The number of benzene rings is 2. The molecule has 0 fully saturated rings. The lowest BCUT2D eigenvalue weighted by Gasteiger charge is -2.03. The quantitative estimate of drug-likeness (QED) is 0.655. The molecule has 0 amide bonds. The first-order chi connectivity index (χ1) is 10.2. The Bertz CT molecular complexity index is 787. The molecule has 0 radical (unpaired) electrons. The Hall–Kier alpha value is -1.91. The lowest BCUT2D eigenvalue weighted by Crippen LogP contribution is -1.88. The summed E-state index contributed by atoms with van der Waals surface area (Å²) in [6, 6.07) is 12.3. The molecule has 0 aliphatic rings. The van der Waals surface area contributed by atoms with E-state index in [-0.39, 0.29) is 5.75 Å². The van der Waals surface area contributed by atoms with E-state index in [0.717, 1.165) is 21.8 Å². The van der Waals surface area contributed by atoms with Crippen LogP contribution in [-0.4, -0.2) is 12.1 Å².